The summed E-state index contributed by atoms with van der Waals surface area (Å²) >= 11 is 0. The normalized spacial score (nSPS) is 7.09. The van der Waals surface area contributed by atoms with Gasteiger partial charge < -0.3 is 15.6 Å². The van der Waals surface area contributed by atoms with Crippen LogP contribution in [0, 0.1) is 0 Å². The lowest BCUT2D eigenvalue weighted by Crippen LogP contribution is -2.10. The van der Waals surface area contributed by atoms with Crippen molar-refractivity contribution >= 4 is 11.9 Å². The number of nitrogens with two attached hydrogens (primary N) is 1. The molecule has 11 heavy (non-hydrogen) atoms. The Morgan fingerprint density at radius 3 is 2.09 bits per heavy atom. The van der Waals surface area contributed by atoms with E-state index in [1.807, 2.05) is 0 Å². The Morgan fingerprint density at radius 1 is 1.73 bits per heavy atom. The third-order valence-corrected chi connectivity index (χ3v) is 0.542. The Balaban J connectivity index is 0. The zero-order valence-corrected chi connectivity index (χ0v) is 6.24. The first-order valence-corrected chi connectivity index (χ1v) is 2.70. The maximum Gasteiger partial charge on any atom is 0.329 e. The van der Waals surface area contributed by atoms with Crippen LogP contribution in [0.1, 0.15) is 0 Å². The predicted molar refractivity (Wildman–Crippen MR) is 38.9 cm³/mol. The number of hydrogen-bond acceptors (Lipinski definition) is 4. The highest BCUT2D eigenvalue weighted by Crippen LogP contribution is 1.67. The largest absolute Gasteiger partial charge is 0.480 e. The van der Waals surface area contributed by atoms with Crippen molar-refractivity contribution in [2.45, 2.75) is 0 Å². The summed E-state index contributed by atoms with van der Waals surface area (Å²) in [6.07, 6.45) is 1.11. The molecule has 0 aromatic rings. The molecule has 0 aromatic heterocycles. The van der Waals surface area contributed by atoms with Gasteiger partial charge >= 0.3 is 11.9 Å². The van der Waals surface area contributed by atoms with E-state index in [4.69, 9.17) is 5.11 Å². The van der Waals surface area contributed by atoms with Crippen LogP contribution < -0.4 is 5.73 Å². The van der Waals surface area contributed by atoms with E-state index in [2.05, 4.69) is 17.0 Å². The molecule has 3 N–H and O–H groups in total. The number of carbonyl (C=O) groups is 2. The van der Waals surface area contributed by atoms with Gasteiger partial charge in [-0.15, -0.1) is 0 Å². The van der Waals surface area contributed by atoms with Gasteiger partial charge in [0.15, 0.2) is 0 Å². The van der Waals surface area contributed by atoms with Crippen molar-refractivity contribution in [1.82, 2.24) is 0 Å². The minimum absolute atomic E-state index is 0.278. The number of carbonyl (C=O) groups excluding carboxylic acids is 1. The van der Waals surface area contributed by atoms with Crippen LogP contribution in [-0.4, -0.2) is 30.7 Å². The Kier molecular flexibility index (Phi) is 9.68. The first-order chi connectivity index (χ1) is 5.08. The van der Waals surface area contributed by atoms with Gasteiger partial charge in [0, 0.05) is 6.08 Å². The molecule has 0 aliphatic rings. The average molecular weight is 161 g/mol. The van der Waals surface area contributed by atoms with E-state index in [1.165, 1.54) is 7.11 Å². The molecule has 0 fully saturated rings. The van der Waals surface area contributed by atoms with Gasteiger partial charge in [-0.25, -0.2) is 4.79 Å². The zero-order valence-electron chi connectivity index (χ0n) is 6.24. The third kappa shape index (κ3) is 17.7. The summed E-state index contributed by atoms with van der Waals surface area (Å²) in [5.74, 6) is -1.36. The molecule has 64 valence electrons. The van der Waals surface area contributed by atoms with Gasteiger partial charge in [0.2, 0.25) is 0 Å². The van der Waals surface area contributed by atoms with Crippen molar-refractivity contribution in [3.05, 3.63) is 12.7 Å². The maximum absolute atomic E-state index is 9.84. The number of ether oxygens (including phenoxy) is 1. The number of carboxylic acid groups (broad SMARTS) is 1. The summed E-state index contributed by atoms with van der Waals surface area (Å²) in [5.41, 5.74) is 4.57. The van der Waals surface area contributed by atoms with Crippen LogP contribution in [0.3, 0.4) is 0 Å². The van der Waals surface area contributed by atoms with E-state index < -0.39 is 11.9 Å². The second kappa shape index (κ2) is 8.64. The van der Waals surface area contributed by atoms with Gasteiger partial charge in [-0.3, -0.25) is 4.79 Å². The van der Waals surface area contributed by atoms with E-state index in [1.54, 1.807) is 0 Å². The summed E-state index contributed by atoms with van der Waals surface area (Å²) in [5, 5.41) is 7.60. The zero-order chi connectivity index (χ0) is 9.28. The van der Waals surface area contributed by atoms with Crippen LogP contribution in [0.25, 0.3) is 0 Å². The standard InChI is InChI=1S/C4H6O2.C2H5NO2/c1-3-4(5)6-2;3-1-2(4)5/h3H,1H2,2H3;1,3H2,(H,4,5). The molecule has 0 heterocycles. The number of carboxylic acids is 1. The van der Waals surface area contributed by atoms with Crippen molar-refractivity contribution in [3.8, 4) is 0 Å². The number of methoxy groups -OCH3 is 1. The maximum atomic E-state index is 9.84. The lowest BCUT2D eigenvalue weighted by atomic mass is 10.7. The topological polar surface area (TPSA) is 89.6 Å². The van der Waals surface area contributed by atoms with Crippen molar-refractivity contribution < 1.29 is 19.4 Å². The van der Waals surface area contributed by atoms with Crippen LogP contribution in [0.2, 0.25) is 0 Å². The van der Waals surface area contributed by atoms with Crippen LogP contribution >= 0.6 is 0 Å². The van der Waals surface area contributed by atoms with Crippen LogP contribution in [-0.2, 0) is 14.3 Å². The Labute approximate surface area is 64.5 Å². The average Bonchev–Trinajstić information content (AvgIpc) is 2.04. The van der Waals surface area contributed by atoms with Crippen LogP contribution in [0.4, 0.5) is 0 Å². The second-order valence-electron chi connectivity index (χ2n) is 1.33. The molecular weight excluding hydrogens is 150 g/mol. The van der Waals surface area contributed by atoms with Crippen molar-refractivity contribution in [2.24, 2.45) is 5.73 Å². The van der Waals surface area contributed by atoms with Crippen LogP contribution in [0.5, 0.6) is 0 Å². The Bertz CT molecular complexity index is 144. The van der Waals surface area contributed by atoms with E-state index in [-0.39, 0.29) is 6.54 Å². The minimum atomic E-state index is -0.968. The smallest absolute Gasteiger partial charge is 0.329 e. The van der Waals surface area contributed by atoms with Gasteiger partial charge in [0.1, 0.15) is 0 Å². The summed E-state index contributed by atoms with van der Waals surface area (Å²) in [6, 6.07) is 0. The molecule has 0 amide bonds. The van der Waals surface area contributed by atoms with Gasteiger partial charge in [-0.05, 0) is 0 Å². The van der Waals surface area contributed by atoms with Crippen molar-refractivity contribution in [3.63, 3.8) is 0 Å². The highest BCUT2D eigenvalue weighted by Gasteiger charge is 1.82. The molecule has 5 nitrogen and oxygen atoms in total. The van der Waals surface area contributed by atoms with Gasteiger partial charge in [0.25, 0.3) is 0 Å². The minimum Gasteiger partial charge on any atom is -0.480 e. The molecule has 0 spiro atoms. The number of rotatable bonds is 2. The highest BCUT2D eigenvalue weighted by atomic mass is 16.5. The first kappa shape index (κ1) is 12.3. The van der Waals surface area contributed by atoms with Gasteiger partial charge in [-0.2, -0.15) is 0 Å². The van der Waals surface area contributed by atoms with Crippen LogP contribution in [0.15, 0.2) is 12.7 Å². The molecule has 0 saturated carbocycles. The fourth-order valence-electron chi connectivity index (χ4n) is 0.0833. The summed E-state index contributed by atoms with van der Waals surface area (Å²) in [7, 11) is 1.31. The monoisotopic (exact) mass is 161 g/mol. The molecule has 0 unspecified atom stereocenters. The lowest BCUT2D eigenvalue weighted by Gasteiger charge is -1.83. The number of hydrogen-bond donors (Lipinski definition) is 2. The second-order valence-corrected chi connectivity index (χ2v) is 1.33. The van der Waals surface area contributed by atoms with E-state index in [0.29, 0.717) is 0 Å². The lowest BCUT2D eigenvalue weighted by molar-refractivity contribution is -0.136. The molecule has 0 aliphatic carbocycles. The Hall–Kier alpha value is -1.36. The predicted octanol–water partition coefficient (Wildman–Crippen LogP) is -0.625. The Morgan fingerprint density at radius 2 is 2.09 bits per heavy atom. The number of esters is 1. The van der Waals surface area contributed by atoms with Crippen molar-refractivity contribution in [1.29, 1.82) is 0 Å². The molecule has 0 saturated heterocycles. The SMILES string of the molecule is C=CC(=O)OC.NCC(=O)O. The molecule has 5 heteroatoms. The molecule has 0 aliphatic heterocycles. The van der Waals surface area contributed by atoms with E-state index in [0.717, 1.165) is 6.08 Å². The van der Waals surface area contributed by atoms with Crippen molar-refractivity contribution in [2.75, 3.05) is 13.7 Å². The summed E-state index contributed by atoms with van der Waals surface area (Å²) in [6.45, 7) is 2.88. The fourth-order valence-corrected chi connectivity index (χ4v) is 0.0833. The van der Waals surface area contributed by atoms with Gasteiger partial charge in [0.05, 0.1) is 13.7 Å². The van der Waals surface area contributed by atoms with E-state index >= 15 is 0 Å². The van der Waals surface area contributed by atoms with E-state index in [9.17, 15) is 9.59 Å². The summed E-state index contributed by atoms with van der Waals surface area (Å²) in [4.78, 5) is 19.1. The van der Waals surface area contributed by atoms with Gasteiger partial charge in [-0.1, -0.05) is 6.58 Å². The molecule has 0 bridgehead atoms. The molecule has 0 rings (SSSR count). The molecule has 0 radical (unpaired) electrons. The molecule has 0 aromatic carbocycles. The molecular formula is C6H11NO4. The quantitative estimate of drug-likeness (QED) is 0.416. The number of aliphatic carboxylic acids is 1. The third-order valence-electron chi connectivity index (χ3n) is 0.542. The first-order valence-electron chi connectivity index (χ1n) is 2.70. The summed E-state index contributed by atoms with van der Waals surface area (Å²) < 4.78 is 4.14. The fraction of sp³-hybridized carbons (Fsp3) is 0.333. The highest BCUT2D eigenvalue weighted by molar-refractivity contribution is 5.80. The molecule has 0 atom stereocenters.